The van der Waals surface area contributed by atoms with E-state index in [4.69, 9.17) is 4.74 Å². The molecule has 0 spiro atoms. The van der Waals surface area contributed by atoms with Crippen molar-refractivity contribution in [1.82, 2.24) is 4.57 Å². The van der Waals surface area contributed by atoms with E-state index in [0.717, 1.165) is 0 Å². The van der Waals surface area contributed by atoms with Crippen LogP contribution in [0.2, 0.25) is 0 Å². The number of esters is 1. The predicted octanol–water partition coefficient (Wildman–Crippen LogP) is 1.22. The standard InChI is InChI=1S/C13H19NO4/c1-13(2,3)12(17)18-8-6-9-11(16)10(15)5-7-14(9)4/h5,7,16H,6,8H2,1-4H3. The van der Waals surface area contributed by atoms with Gasteiger partial charge in [0.05, 0.1) is 17.7 Å². The fourth-order valence-corrected chi connectivity index (χ4v) is 1.41. The Hall–Kier alpha value is -1.78. The topological polar surface area (TPSA) is 68.5 Å². The molecule has 0 saturated carbocycles. The summed E-state index contributed by atoms with van der Waals surface area (Å²) in [5.74, 6) is -0.588. The lowest BCUT2D eigenvalue weighted by atomic mass is 9.97. The monoisotopic (exact) mass is 253 g/mol. The number of rotatable bonds is 3. The van der Waals surface area contributed by atoms with E-state index in [1.54, 1.807) is 38.6 Å². The highest BCUT2D eigenvalue weighted by atomic mass is 16.5. The Morgan fingerprint density at radius 3 is 2.61 bits per heavy atom. The third-order valence-corrected chi connectivity index (χ3v) is 2.57. The van der Waals surface area contributed by atoms with Gasteiger partial charge in [-0.2, -0.15) is 0 Å². The van der Waals surface area contributed by atoms with Crippen molar-refractivity contribution in [3.63, 3.8) is 0 Å². The van der Waals surface area contributed by atoms with Gasteiger partial charge in [-0.3, -0.25) is 9.59 Å². The van der Waals surface area contributed by atoms with Crippen LogP contribution >= 0.6 is 0 Å². The van der Waals surface area contributed by atoms with E-state index in [2.05, 4.69) is 0 Å². The lowest BCUT2D eigenvalue weighted by Crippen LogP contribution is -2.24. The summed E-state index contributed by atoms with van der Waals surface area (Å²) >= 11 is 0. The van der Waals surface area contributed by atoms with Crippen molar-refractivity contribution in [3.8, 4) is 5.75 Å². The molecule has 0 saturated heterocycles. The van der Waals surface area contributed by atoms with Crippen molar-refractivity contribution >= 4 is 5.97 Å². The first kappa shape index (κ1) is 14.3. The molecule has 1 N–H and O–H groups in total. The Morgan fingerprint density at radius 1 is 1.44 bits per heavy atom. The van der Waals surface area contributed by atoms with Crippen LogP contribution in [-0.4, -0.2) is 22.2 Å². The van der Waals surface area contributed by atoms with E-state index in [1.165, 1.54) is 6.07 Å². The van der Waals surface area contributed by atoms with Gasteiger partial charge < -0.3 is 14.4 Å². The fourth-order valence-electron chi connectivity index (χ4n) is 1.41. The molecule has 0 unspecified atom stereocenters. The average Bonchev–Trinajstić information content (AvgIpc) is 2.27. The molecule has 0 aliphatic rings. The van der Waals surface area contributed by atoms with Crippen LogP contribution in [0.4, 0.5) is 0 Å². The van der Waals surface area contributed by atoms with Crippen LogP contribution in [-0.2, 0) is 23.0 Å². The molecule has 0 radical (unpaired) electrons. The maximum absolute atomic E-state index is 11.5. The molecule has 0 aliphatic carbocycles. The van der Waals surface area contributed by atoms with Gasteiger partial charge in [0.1, 0.15) is 0 Å². The number of pyridine rings is 1. The number of carbonyl (C=O) groups is 1. The second kappa shape index (κ2) is 5.25. The van der Waals surface area contributed by atoms with Crippen LogP contribution in [0, 0.1) is 5.41 Å². The Bertz CT molecular complexity index is 497. The molecule has 5 heteroatoms. The number of aryl methyl sites for hydroxylation is 1. The van der Waals surface area contributed by atoms with E-state index in [0.29, 0.717) is 12.1 Å². The molecule has 0 atom stereocenters. The van der Waals surface area contributed by atoms with Gasteiger partial charge in [-0.1, -0.05) is 0 Å². The average molecular weight is 253 g/mol. The summed E-state index contributed by atoms with van der Waals surface area (Å²) in [7, 11) is 1.72. The molecular formula is C13H19NO4. The minimum atomic E-state index is -0.551. The van der Waals surface area contributed by atoms with Crippen molar-refractivity contribution in [2.24, 2.45) is 12.5 Å². The molecule has 100 valence electrons. The largest absolute Gasteiger partial charge is 0.503 e. The summed E-state index contributed by atoms with van der Waals surface area (Å²) in [5, 5.41) is 9.63. The molecule has 1 heterocycles. The molecule has 0 fully saturated rings. The second-order valence-electron chi connectivity index (χ2n) is 5.22. The molecule has 0 aliphatic heterocycles. The Labute approximate surface area is 106 Å². The Kier molecular flexibility index (Phi) is 4.16. The smallest absolute Gasteiger partial charge is 0.311 e. The molecule has 0 aromatic carbocycles. The minimum absolute atomic E-state index is 0.140. The Balaban J connectivity index is 2.68. The van der Waals surface area contributed by atoms with Crippen LogP contribution in [0.15, 0.2) is 17.1 Å². The first-order chi connectivity index (χ1) is 8.23. The van der Waals surface area contributed by atoms with E-state index in [9.17, 15) is 14.7 Å². The highest BCUT2D eigenvalue weighted by molar-refractivity contribution is 5.75. The van der Waals surface area contributed by atoms with E-state index in [1.807, 2.05) is 0 Å². The maximum atomic E-state index is 11.5. The summed E-state index contributed by atoms with van der Waals surface area (Å²) in [5.41, 5.74) is -0.514. The third-order valence-electron chi connectivity index (χ3n) is 2.57. The van der Waals surface area contributed by atoms with Crippen molar-refractivity contribution in [2.45, 2.75) is 27.2 Å². The summed E-state index contributed by atoms with van der Waals surface area (Å²) in [4.78, 5) is 22.8. The fraction of sp³-hybridized carbons (Fsp3) is 0.538. The molecule has 1 aromatic rings. The number of hydrogen-bond acceptors (Lipinski definition) is 4. The van der Waals surface area contributed by atoms with Crippen LogP contribution in [0.1, 0.15) is 26.5 Å². The summed E-state index contributed by atoms with van der Waals surface area (Å²) < 4.78 is 6.74. The SMILES string of the molecule is Cn1ccc(=O)c(O)c1CCOC(=O)C(C)(C)C. The molecule has 1 aromatic heterocycles. The summed E-state index contributed by atoms with van der Waals surface area (Å²) in [6.07, 6.45) is 1.88. The van der Waals surface area contributed by atoms with E-state index < -0.39 is 10.8 Å². The van der Waals surface area contributed by atoms with Crippen molar-refractivity contribution in [1.29, 1.82) is 0 Å². The summed E-state index contributed by atoms with van der Waals surface area (Å²) in [6.45, 7) is 5.45. The number of aromatic nitrogens is 1. The van der Waals surface area contributed by atoms with Crippen LogP contribution in [0.5, 0.6) is 5.75 Å². The van der Waals surface area contributed by atoms with Gasteiger partial charge in [-0.25, -0.2) is 0 Å². The van der Waals surface area contributed by atoms with Crippen LogP contribution in [0.3, 0.4) is 0 Å². The quantitative estimate of drug-likeness (QED) is 0.822. The Morgan fingerprint density at radius 2 is 2.06 bits per heavy atom. The van der Waals surface area contributed by atoms with Gasteiger partial charge in [-0.15, -0.1) is 0 Å². The number of carbonyl (C=O) groups excluding carboxylic acids is 1. The summed E-state index contributed by atoms with van der Waals surface area (Å²) in [6, 6.07) is 1.29. The number of aromatic hydroxyl groups is 1. The van der Waals surface area contributed by atoms with E-state index >= 15 is 0 Å². The van der Waals surface area contributed by atoms with Gasteiger partial charge in [0.25, 0.3) is 0 Å². The number of hydrogen-bond donors (Lipinski definition) is 1. The van der Waals surface area contributed by atoms with Crippen LogP contribution in [0.25, 0.3) is 0 Å². The first-order valence-electron chi connectivity index (χ1n) is 5.78. The van der Waals surface area contributed by atoms with Gasteiger partial charge >= 0.3 is 5.97 Å². The van der Waals surface area contributed by atoms with Gasteiger partial charge in [0.15, 0.2) is 5.75 Å². The number of ether oxygens (including phenoxy) is 1. The molecule has 0 amide bonds. The molecular weight excluding hydrogens is 234 g/mol. The van der Waals surface area contributed by atoms with Gasteiger partial charge in [0.2, 0.25) is 5.43 Å². The first-order valence-corrected chi connectivity index (χ1v) is 5.78. The normalized spacial score (nSPS) is 11.3. The highest BCUT2D eigenvalue weighted by Crippen LogP contribution is 2.16. The van der Waals surface area contributed by atoms with Gasteiger partial charge in [0, 0.05) is 25.7 Å². The van der Waals surface area contributed by atoms with E-state index in [-0.39, 0.29) is 18.3 Å². The van der Waals surface area contributed by atoms with Crippen molar-refractivity contribution < 1.29 is 14.6 Å². The third kappa shape index (κ3) is 3.35. The van der Waals surface area contributed by atoms with Crippen molar-refractivity contribution in [2.75, 3.05) is 6.61 Å². The minimum Gasteiger partial charge on any atom is -0.503 e. The highest BCUT2D eigenvalue weighted by Gasteiger charge is 2.23. The van der Waals surface area contributed by atoms with Crippen molar-refractivity contribution in [3.05, 3.63) is 28.2 Å². The lowest BCUT2D eigenvalue weighted by Gasteiger charge is -2.17. The predicted molar refractivity (Wildman–Crippen MR) is 67.5 cm³/mol. The molecule has 0 bridgehead atoms. The maximum Gasteiger partial charge on any atom is 0.311 e. The zero-order chi connectivity index (χ0) is 13.9. The molecule has 5 nitrogen and oxygen atoms in total. The number of nitrogens with zero attached hydrogens (tertiary/aromatic N) is 1. The molecule has 1 rings (SSSR count). The zero-order valence-corrected chi connectivity index (χ0v) is 11.2. The van der Waals surface area contributed by atoms with Crippen LogP contribution < -0.4 is 5.43 Å². The molecule has 18 heavy (non-hydrogen) atoms. The zero-order valence-electron chi connectivity index (χ0n) is 11.2. The second-order valence-corrected chi connectivity index (χ2v) is 5.22. The van der Waals surface area contributed by atoms with Gasteiger partial charge in [-0.05, 0) is 20.8 Å². The lowest BCUT2D eigenvalue weighted by molar-refractivity contribution is -0.152.